The predicted octanol–water partition coefficient (Wildman–Crippen LogP) is 5.55. The standard InChI is InChI=1S/C13H8Cl2F3S/c14-9-1-5-11(6-2-9)19(13(16,17)18)12-7-3-10(15)4-8-12/h1-8H/q+1. The lowest BCUT2D eigenvalue weighted by molar-refractivity contribution is -0.0370. The summed E-state index contributed by atoms with van der Waals surface area (Å²) in [4.78, 5) is 0.360. The summed E-state index contributed by atoms with van der Waals surface area (Å²) in [5.74, 6) is 0. The van der Waals surface area contributed by atoms with Gasteiger partial charge in [-0.05, 0) is 48.5 Å². The molecule has 19 heavy (non-hydrogen) atoms. The van der Waals surface area contributed by atoms with Gasteiger partial charge in [-0.2, -0.15) is 0 Å². The lowest BCUT2D eigenvalue weighted by atomic mass is 10.4. The fourth-order valence-electron chi connectivity index (χ4n) is 1.54. The molecule has 0 radical (unpaired) electrons. The summed E-state index contributed by atoms with van der Waals surface area (Å²) in [5, 5.41) is 0.816. The molecule has 0 N–H and O–H groups in total. The van der Waals surface area contributed by atoms with Crippen molar-refractivity contribution >= 4 is 34.1 Å². The predicted molar refractivity (Wildman–Crippen MR) is 72.9 cm³/mol. The molecule has 0 aliphatic heterocycles. The molecule has 0 heterocycles. The van der Waals surface area contributed by atoms with Crippen LogP contribution < -0.4 is 0 Å². The van der Waals surface area contributed by atoms with E-state index in [1.165, 1.54) is 48.5 Å². The van der Waals surface area contributed by atoms with Crippen molar-refractivity contribution in [2.75, 3.05) is 0 Å². The number of alkyl halides is 3. The second kappa shape index (κ2) is 5.65. The molecule has 0 amide bonds. The molecule has 0 nitrogen and oxygen atoms in total. The van der Waals surface area contributed by atoms with Crippen LogP contribution in [0.15, 0.2) is 58.3 Å². The van der Waals surface area contributed by atoms with Crippen molar-refractivity contribution in [1.29, 1.82) is 0 Å². The third-order valence-corrected chi connectivity index (χ3v) is 4.78. The highest BCUT2D eigenvalue weighted by molar-refractivity contribution is 7.97. The van der Waals surface area contributed by atoms with Crippen LogP contribution in [0.3, 0.4) is 0 Å². The fourth-order valence-corrected chi connectivity index (χ4v) is 3.42. The number of hydrogen-bond acceptors (Lipinski definition) is 0. The molecular formula is C13H8Cl2F3S+. The molecule has 0 saturated heterocycles. The van der Waals surface area contributed by atoms with E-state index in [2.05, 4.69) is 0 Å². The summed E-state index contributed by atoms with van der Waals surface area (Å²) < 4.78 is 39.7. The monoisotopic (exact) mass is 323 g/mol. The number of hydrogen-bond donors (Lipinski definition) is 0. The van der Waals surface area contributed by atoms with Gasteiger partial charge in [0.05, 0.1) is 0 Å². The van der Waals surface area contributed by atoms with Gasteiger partial charge in [-0.1, -0.05) is 23.2 Å². The van der Waals surface area contributed by atoms with Crippen molar-refractivity contribution in [3.8, 4) is 0 Å². The zero-order valence-electron chi connectivity index (χ0n) is 9.42. The molecule has 0 aromatic heterocycles. The normalized spacial score (nSPS) is 11.9. The van der Waals surface area contributed by atoms with Gasteiger partial charge in [-0.3, -0.25) is 0 Å². The first-order valence-electron chi connectivity index (χ1n) is 5.20. The topological polar surface area (TPSA) is 0 Å². The van der Waals surface area contributed by atoms with E-state index in [-0.39, 0.29) is 9.79 Å². The Kier molecular flexibility index (Phi) is 4.33. The van der Waals surface area contributed by atoms with Gasteiger partial charge in [0.25, 0.3) is 0 Å². The molecule has 0 bridgehead atoms. The van der Waals surface area contributed by atoms with Crippen molar-refractivity contribution in [3.05, 3.63) is 58.6 Å². The number of benzene rings is 2. The van der Waals surface area contributed by atoms with Crippen LogP contribution in [0.2, 0.25) is 10.0 Å². The van der Waals surface area contributed by atoms with Gasteiger partial charge in [0.15, 0.2) is 20.7 Å². The minimum atomic E-state index is -4.35. The molecular weight excluding hydrogens is 316 g/mol. The fraction of sp³-hybridized carbons (Fsp3) is 0.0769. The molecule has 0 aliphatic rings. The Labute approximate surface area is 121 Å². The zero-order chi connectivity index (χ0) is 14.0. The van der Waals surface area contributed by atoms with Crippen LogP contribution in [-0.2, 0) is 10.9 Å². The van der Waals surface area contributed by atoms with Crippen molar-refractivity contribution in [2.45, 2.75) is 15.3 Å². The Bertz CT molecular complexity index is 504. The SMILES string of the molecule is FC(F)(F)[S+](c1ccc(Cl)cc1)c1ccc(Cl)cc1. The molecule has 100 valence electrons. The lowest BCUT2D eigenvalue weighted by Crippen LogP contribution is -2.24. The van der Waals surface area contributed by atoms with Crippen LogP contribution in [0.25, 0.3) is 0 Å². The van der Waals surface area contributed by atoms with Crippen LogP contribution in [0, 0.1) is 0 Å². The van der Waals surface area contributed by atoms with Crippen molar-refractivity contribution in [3.63, 3.8) is 0 Å². The highest BCUT2D eigenvalue weighted by Gasteiger charge is 2.54. The summed E-state index contributed by atoms with van der Waals surface area (Å²) in [6.07, 6.45) is 0. The molecule has 0 fully saturated rings. The Morgan fingerprint density at radius 3 is 1.26 bits per heavy atom. The maximum absolute atomic E-state index is 13.2. The lowest BCUT2D eigenvalue weighted by Gasteiger charge is -2.10. The highest BCUT2D eigenvalue weighted by atomic mass is 35.5. The van der Waals surface area contributed by atoms with Crippen LogP contribution in [0.4, 0.5) is 13.2 Å². The maximum Gasteiger partial charge on any atom is 0.586 e. The third-order valence-electron chi connectivity index (χ3n) is 2.33. The van der Waals surface area contributed by atoms with E-state index in [4.69, 9.17) is 23.2 Å². The van der Waals surface area contributed by atoms with E-state index >= 15 is 0 Å². The van der Waals surface area contributed by atoms with Crippen molar-refractivity contribution in [2.24, 2.45) is 0 Å². The van der Waals surface area contributed by atoms with Gasteiger partial charge >= 0.3 is 5.51 Å². The summed E-state index contributed by atoms with van der Waals surface area (Å²) >= 11 is 11.4. The Balaban J connectivity index is 2.47. The van der Waals surface area contributed by atoms with Gasteiger partial charge in [-0.25, -0.2) is 0 Å². The molecule has 0 spiro atoms. The molecule has 6 heteroatoms. The molecule has 2 rings (SSSR count). The van der Waals surface area contributed by atoms with Gasteiger partial charge < -0.3 is 0 Å². The molecule has 0 atom stereocenters. The number of halogens is 5. The van der Waals surface area contributed by atoms with Crippen LogP contribution in [0.5, 0.6) is 0 Å². The average Bonchev–Trinajstić information content (AvgIpc) is 2.33. The van der Waals surface area contributed by atoms with E-state index in [1.54, 1.807) is 0 Å². The largest absolute Gasteiger partial charge is 0.586 e. The Morgan fingerprint density at radius 1 is 0.684 bits per heavy atom. The van der Waals surface area contributed by atoms with Gasteiger partial charge in [-0.15, -0.1) is 13.2 Å². The van der Waals surface area contributed by atoms with Crippen LogP contribution in [0.1, 0.15) is 0 Å². The number of rotatable bonds is 2. The van der Waals surface area contributed by atoms with Crippen molar-refractivity contribution < 1.29 is 13.2 Å². The first-order valence-corrected chi connectivity index (χ1v) is 7.18. The Morgan fingerprint density at radius 2 is 1.00 bits per heavy atom. The van der Waals surface area contributed by atoms with Crippen LogP contribution >= 0.6 is 23.2 Å². The van der Waals surface area contributed by atoms with E-state index < -0.39 is 16.4 Å². The Hall–Kier alpha value is -0.840. The smallest absolute Gasteiger partial charge is 0.122 e. The van der Waals surface area contributed by atoms with Crippen molar-refractivity contribution in [1.82, 2.24) is 0 Å². The molecule has 0 saturated carbocycles. The minimum Gasteiger partial charge on any atom is -0.122 e. The maximum atomic E-state index is 13.2. The summed E-state index contributed by atoms with van der Waals surface area (Å²) in [6, 6.07) is 11.4. The third kappa shape index (κ3) is 3.59. The van der Waals surface area contributed by atoms with Crippen LogP contribution in [-0.4, -0.2) is 5.51 Å². The van der Waals surface area contributed by atoms with E-state index in [0.717, 1.165) is 0 Å². The highest BCUT2D eigenvalue weighted by Crippen LogP contribution is 2.38. The molecule has 2 aromatic carbocycles. The van der Waals surface area contributed by atoms with Gasteiger partial charge in [0.1, 0.15) is 0 Å². The van der Waals surface area contributed by atoms with E-state index in [1.807, 2.05) is 0 Å². The second-order valence-electron chi connectivity index (χ2n) is 3.66. The van der Waals surface area contributed by atoms with Gasteiger partial charge in [0, 0.05) is 10.0 Å². The first-order chi connectivity index (χ1) is 8.88. The van der Waals surface area contributed by atoms with Gasteiger partial charge in [0.2, 0.25) is 0 Å². The minimum absolute atomic E-state index is 0.180. The molecule has 2 aromatic rings. The molecule has 0 unspecified atom stereocenters. The molecule has 0 aliphatic carbocycles. The van der Waals surface area contributed by atoms with E-state index in [9.17, 15) is 13.2 Å². The average molecular weight is 324 g/mol. The second-order valence-corrected chi connectivity index (χ2v) is 6.55. The van der Waals surface area contributed by atoms with E-state index in [0.29, 0.717) is 10.0 Å². The zero-order valence-corrected chi connectivity index (χ0v) is 11.7. The summed E-state index contributed by atoms with van der Waals surface area (Å²) in [7, 11) is -2.00. The summed E-state index contributed by atoms with van der Waals surface area (Å²) in [5.41, 5.74) is -4.35. The quantitative estimate of drug-likeness (QED) is 0.635. The summed E-state index contributed by atoms with van der Waals surface area (Å²) in [6.45, 7) is 0. The first kappa shape index (κ1) is 14.6.